The molecule has 0 saturated heterocycles. The van der Waals surface area contributed by atoms with Crippen LogP contribution in [-0.2, 0) is 28.6 Å². The molecule has 0 N–H and O–H groups in total. The molecule has 0 amide bonds. The third kappa shape index (κ3) is 68.7. The van der Waals surface area contributed by atoms with Crippen LogP contribution in [-0.4, -0.2) is 37.2 Å². The van der Waals surface area contributed by atoms with Crippen LogP contribution < -0.4 is 0 Å². The summed E-state index contributed by atoms with van der Waals surface area (Å²) >= 11 is 0. The molecule has 6 nitrogen and oxygen atoms in total. The first kappa shape index (κ1) is 79.1. The van der Waals surface area contributed by atoms with Crippen molar-refractivity contribution in [3.63, 3.8) is 0 Å². The number of carbonyl (C=O) groups is 3. The van der Waals surface area contributed by atoms with E-state index >= 15 is 0 Å². The number of hydrogen-bond donors (Lipinski definition) is 0. The molecule has 0 aromatic heterocycles. The minimum Gasteiger partial charge on any atom is -0.462 e. The molecular weight excluding hydrogens is 1020 g/mol. The van der Waals surface area contributed by atoms with E-state index in [4.69, 9.17) is 14.2 Å². The summed E-state index contributed by atoms with van der Waals surface area (Å²) < 4.78 is 16.9. The van der Waals surface area contributed by atoms with Crippen LogP contribution in [0.4, 0.5) is 0 Å². The van der Waals surface area contributed by atoms with Crippen LogP contribution >= 0.6 is 0 Å². The average molecular weight is 1150 g/mol. The van der Waals surface area contributed by atoms with Crippen LogP contribution in [0.5, 0.6) is 0 Å². The Morgan fingerprint density at radius 2 is 0.494 bits per heavy atom. The Hall–Kier alpha value is -3.93. The summed E-state index contributed by atoms with van der Waals surface area (Å²) in [5, 5.41) is 0. The van der Waals surface area contributed by atoms with Crippen LogP contribution in [0.3, 0.4) is 0 Å². The van der Waals surface area contributed by atoms with Gasteiger partial charge in [-0.2, -0.15) is 0 Å². The van der Waals surface area contributed by atoms with Gasteiger partial charge < -0.3 is 14.2 Å². The topological polar surface area (TPSA) is 78.9 Å². The van der Waals surface area contributed by atoms with E-state index < -0.39 is 6.10 Å². The van der Waals surface area contributed by atoms with Crippen LogP contribution in [0.2, 0.25) is 0 Å². The molecule has 1 unspecified atom stereocenters. The van der Waals surface area contributed by atoms with E-state index in [-0.39, 0.29) is 37.5 Å². The lowest BCUT2D eigenvalue weighted by Gasteiger charge is -2.18. The van der Waals surface area contributed by atoms with Crippen LogP contribution in [0.1, 0.15) is 342 Å². The summed E-state index contributed by atoms with van der Waals surface area (Å²) in [7, 11) is 0. The Bertz CT molecular complexity index is 1660. The zero-order chi connectivity index (χ0) is 59.9. The van der Waals surface area contributed by atoms with Gasteiger partial charge in [0.15, 0.2) is 6.10 Å². The van der Waals surface area contributed by atoms with Gasteiger partial charge in [0.2, 0.25) is 0 Å². The second-order valence-electron chi connectivity index (χ2n) is 23.4. The molecule has 0 aliphatic carbocycles. The molecule has 1 atom stereocenters. The monoisotopic (exact) mass is 1150 g/mol. The SMILES string of the molecule is CC/C=C\C/C=C\C/C=C\C/C=C\C/C=C\C/C=C\CCC(=O)OCC(COC(=O)CCCCCCCCCCCC/C=C\C/C=C\C/C=C\CCCCCCC)OC(=O)CCCCCCCCCCCCCCCCCCCCCCC. The summed E-state index contributed by atoms with van der Waals surface area (Å²) in [6, 6.07) is 0. The lowest BCUT2D eigenvalue weighted by Crippen LogP contribution is -2.30. The van der Waals surface area contributed by atoms with E-state index in [1.54, 1.807) is 0 Å². The maximum Gasteiger partial charge on any atom is 0.306 e. The molecule has 476 valence electrons. The Balaban J connectivity index is 4.44. The smallest absolute Gasteiger partial charge is 0.306 e. The lowest BCUT2D eigenvalue weighted by molar-refractivity contribution is -0.166. The number of hydrogen-bond acceptors (Lipinski definition) is 6. The Labute approximate surface area is 514 Å². The summed E-state index contributed by atoms with van der Waals surface area (Å²) in [6.45, 7) is 6.49. The molecule has 83 heavy (non-hydrogen) atoms. The quantitative estimate of drug-likeness (QED) is 0.0261. The molecule has 0 aliphatic rings. The van der Waals surface area contributed by atoms with Crippen molar-refractivity contribution in [2.75, 3.05) is 13.2 Å². The average Bonchev–Trinajstić information content (AvgIpc) is 3.49. The van der Waals surface area contributed by atoms with E-state index in [2.05, 4.69) is 124 Å². The number of rotatable bonds is 64. The second kappa shape index (κ2) is 70.6. The summed E-state index contributed by atoms with van der Waals surface area (Å²) in [4.78, 5) is 38.5. The van der Waals surface area contributed by atoms with Crippen molar-refractivity contribution in [3.05, 3.63) is 109 Å². The standard InChI is InChI=1S/C77H132O6/c1-4-7-10-13-16-19-22-25-28-31-34-36-37-38-39-41-43-46-49-52-55-58-61-64-67-70-76(79)82-73-74(72-81-75(78)69-66-63-60-57-54-51-48-45-42-33-30-27-24-21-18-15-12-9-6-3)83-77(80)71-68-65-62-59-56-53-50-47-44-40-35-32-29-26-23-20-17-14-11-8-5-2/h9,12,18,21-22,25,27,30-31,34,37-38,42,45,51,54,60,63,74H,4-8,10-11,13-17,19-20,23-24,26,28-29,32-33,35-36,39-41,43-44,46-50,52-53,55-59,61-62,64-73H2,1-3H3/b12-9-,21-18-,25-22-,30-27-,34-31-,38-37-,45-42-,54-51-,63-60-. The van der Waals surface area contributed by atoms with Gasteiger partial charge in [-0.1, -0.05) is 336 Å². The van der Waals surface area contributed by atoms with Gasteiger partial charge >= 0.3 is 17.9 Å². The molecule has 0 aliphatic heterocycles. The van der Waals surface area contributed by atoms with E-state index in [9.17, 15) is 14.4 Å². The highest BCUT2D eigenvalue weighted by molar-refractivity contribution is 5.71. The predicted octanol–water partition coefficient (Wildman–Crippen LogP) is 24.6. The fourth-order valence-electron chi connectivity index (χ4n) is 10.0. The zero-order valence-electron chi connectivity index (χ0n) is 54.7. The molecule has 0 saturated carbocycles. The first-order chi connectivity index (χ1) is 41.0. The van der Waals surface area contributed by atoms with E-state index in [1.807, 2.05) is 6.08 Å². The van der Waals surface area contributed by atoms with Crippen molar-refractivity contribution in [1.82, 2.24) is 0 Å². The Morgan fingerprint density at radius 1 is 0.253 bits per heavy atom. The highest BCUT2D eigenvalue weighted by Gasteiger charge is 2.19. The maximum absolute atomic E-state index is 13.0. The van der Waals surface area contributed by atoms with Gasteiger partial charge in [0.05, 0.1) is 0 Å². The summed E-state index contributed by atoms with van der Waals surface area (Å²) in [5.74, 6) is -0.978. The van der Waals surface area contributed by atoms with Crippen molar-refractivity contribution >= 4 is 17.9 Å². The van der Waals surface area contributed by atoms with E-state index in [1.165, 1.54) is 205 Å². The fraction of sp³-hybridized carbons (Fsp3) is 0.727. The van der Waals surface area contributed by atoms with Crippen LogP contribution in [0, 0.1) is 0 Å². The molecular formula is C77H132O6. The van der Waals surface area contributed by atoms with Crippen molar-refractivity contribution in [2.24, 2.45) is 0 Å². The first-order valence-corrected chi connectivity index (χ1v) is 35.4. The van der Waals surface area contributed by atoms with Gasteiger partial charge in [-0.25, -0.2) is 0 Å². The van der Waals surface area contributed by atoms with Crippen molar-refractivity contribution < 1.29 is 28.6 Å². The fourth-order valence-corrected chi connectivity index (χ4v) is 10.0. The Kier molecular flexibility index (Phi) is 67.2. The Morgan fingerprint density at radius 3 is 0.807 bits per heavy atom. The molecule has 0 spiro atoms. The van der Waals surface area contributed by atoms with Gasteiger partial charge in [0.1, 0.15) is 13.2 Å². The number of allylic oxidation sites excluding steroid dienone is 18. The normalized spacial score (nSPS) is 12.8. The van der Waals surface area contributed by atoms with Crippen molar-refractivity contribution in [2.45, 2.75) is 348 Å². The van der Waals surface area contributed by atoms with Crippen LogP contribution in [0.25, 0.3) is 0 Å². The van der Waals surface area contributed by atoms with Crippen molar-refractivity contribution in [3.8, 4) is 0 Å². The first-order valence-electron chi connectivity index (χ1n) is 35.4. The number of ether oxygens (including phenoxy) is 3. The highest BCUT2D eigenvalue weighted by Crippen LogP contribution is 2.17. The maximum atomic E-state index is 13.0. The number of unbranched alkanes of at least 4 members (excludes halogenated alkanes) is 35. The third-order valence-corrected chi connectivity index (χ3v) is 15.3. The molecule has 0 fully saturated rings. The molecule has 0 aromatic carbocycles. The third-order valence-electron chi connectivity index (χ3n) is 15.3. The minimum absolute atomic E-state index is 0.102. The molecule has 0 radical (unpaired) electrons. The van der Waals surface area contributed by atoms with E-state index in [0.717, 1.165) is 89.9 Å². The van der Waals surface area contributed by atoms with Gasteiger partial charge in [0, 0.05) is 19.3 Å². The zero-order valence-corrected chi connectivity index (χ0v) is 54.7. The second-order valence-corrected chi connectivity index (χ2v) is 23.4. The van der Waals surface area contributed by atoms with Gasteiger partial charge in [0.25, 0.3) is 0 Å². The minimum atomic E-state index is -0.813. The molecule has 0 aromatic rings. The van der Waals surface area contributed by atoms with E-state index in [0.29, 0.717) is 19.3 Å². The van der Waals surface area contributed by atoms with Crippen LogP contribution in [0.15, 0.2) is 109 Å². The highest BCUT2D eigenvalue weighted by atomic mass is 16.6. The molecule has 6 heteroatoms. The van der Waals surface area contributed by atoms with Crippen molar-refractivity contribution in [1.29, 1.82) is 0 Å². The lowest BCUT2D eigenvalue weighted by atomic mass is 10.0. The molecule has 0 heterocycles. The largest absolute Gasteiger partial charge is 0.462 e. The molecule has 0 rings (SSSR count). The number of carbonyl (C=O) groups excluding carboxylic acids is 3. The predicted molar refractivity (Wildman–Crippen MR) is 362 cm³/mol. The van der Waals surface area contributed by atoms with Gasteiger partial charge in [-0.3, -0.25) is 14.4 Å². The summed E-state index contributed by atoms with van der Waals surface area (Å²) in [6.07, 6.45) is 96.9. The van der Waals surface area contributed by atoms with Gasteiger partial charge in [-0.05, 0) is 96.3 Å². The summed E-state index contributed by atoms with van der Waals surface area (Å²) in [5.41, 5.74) is 0. The number of esters is 3. The molecule has 0 bridgehead atoms. The van der Waals surface area contributed by atoms with Gasteiger partial charge in [-0.15, -0.1) is 0 Å².